The highest BCUT2D eigenvalue weighted by atomic mass is 16.5. The number of methoxy groups -OCH3 is 1. The summed E-state index contributed by atoms with van der Waals surface area (Å²) in [7, 11) is 1.71. The first-order chi connectivity index (χ1) is 6.86. The Labute approximate surface area is 84.7 Å². The van der Waals surface area contributed by atoms with E-state index in [1.165, 1.54) is 6.33 Å². The lowest BCUT2D eigenvalue weighted by molar-refractivity contribution is 0.182. The van der Waals surface area contributed by atoms with Crippen molar-refractivity contribution in [3.05, 3.63) is 18.6 Å². The summed E-state index contributed by atoms with van der Waals surface area (Å²) in [6, 6.07) is 2.19. The average Bonchev–Trinajstić information content (AvgIpc) is 2.20. The van der Waals surface area contributed by atoms with Crippen molar-refractivity contribution >= 4 is 5.82 Å². The Morgan fingerprint density at radius 3 is 3.00 bits per heavy atom. The van der Waals surface area contributed by atoms with Gasteiger partial charge in [0.05, 0.1) is 12.6 Å². The van der Waals surface area contributed by atoms with Crippen LogP contribution in [0.15, 0.2) is 18.6 Å². The lowest BCUT2D eigenvalue weighted by Gasteiger charge is -2.17. The maximum absolute atomic E-state index is 5.12. The smallest absolute Gasteiger partial charge is 0.129 e. The van der Waals surface area contributed by atoms with Crippen LogP contribution in [0.3, 0.4) is 0 Å². The molecule has 0 aliphatic carbocycles. The molecule has 0 aliphatic heterocycles. The SMILES string of the molecule is CCCC(COC)Nc1ccncn1. The van der Waals surface area contributed by atoms with Gasteiger partial charge in [0, 0.05) is 13.3 Å². The van der Waals surface area contributed by atoms with E-state index in [4.69, 9.17) is 4.74 Å². The van der Waals surface area contributed by atoms with Crippen molar-refractivity contribution in [2.75, 3.05) is 19.0 Å². The maximum Gasteiger partial charge on any atom is 0.129 e. The number of nitrogens with one attached hydrogen (secondary N) is 1. The van der Waals surface area contributed by atoms with Crippen LogP contribution in [-0.4, -0.2) is 29.7 Å². The van der Waals surface area contributed by atoms with Crippen molar-refractivity contribution in [1.29, 1.82) is 0 Å². The highest BCUT2D eigenvalue weighted by molar-refractivity contribution is 5.32. The zero-order chi connectivity index (χ0) is 10.2. The number of hydrogen-bond acceptors (Lipinski definition) is 4. The molecule has 1 unspecified atom stereocenters. The molecule has 0 bridgehead atoms. The van der Waals surface area contributed by atoms with E-state index in [0.717, 1.165) is 18.7 Å². The van der Waals surface area contributed by atoms with Crippen molar-refractivity contribution in [3.8, 4) is 0 Å². The largest absolute Gasteiger partial charge is 0.383 e. The molecule has 1 aromatic heterocycles. The molecule has 1 heterocycles. The summed E-state index contributed by atoms with van der Waals surface area (Å²) in [5.41, 5.74) is 0. The molecule has 0 radical (unpaired) electrons. The molecule has 0 amide bonds. The molecule has 4 heteroatoms. The van der Waals surface area contributed by atoms with E-state index >= 15 is 0 Å². The summed E-state index contributed by atoms with van der Waals surface area (Å²) in [5.74, 6) is 0.857. The summed E-state index contributed by atoms with van der Waals surface area (Å²) in [5, 5.41) is 3.30. The third-order valence-corrected chi connectivity index (χ3v) is 1.94. The van der Waals surface area contributed by atoms with Crippen LogP contribution in [0.25, 0.3) is 0 Å². The van der Waals surface area contributed by atoms with E-state index in [0.29, 0.717) is 12.6 Å². The Morgan fingerprint density at radius 2 is 2.43 bits per heavy atom. The highest BCUT2D eigenvalue weighted by Crippen LogP contribution is 2.06. The van der Waals surface area contributed by atoms with Crippen LogP contribution in [-0.2, 0) is 4.74 Å². The zero-order valence-electron chi connectivity index (χ0n) is 8.73. The van der Waals surface area contributed by atoms with E-state index in [1.54, 1.807) is 13.3 Å². The molecule has 78 valence electrons. The van der Waals surface area contributed by atoms with Crippen LogP contribution in [0.4, 0.5) is 5.82 Å². The zero-order valence-corrected chi connectivity index (χ0v) is 8.73. The van der Waals surface area contributed by atoms with E-state index in [9.17, 15) is 0 Å². The lowest BCUT2D eigenvalue weighted by Crippen LogP contribution is -2.25. The topological polar surface area (TPSA) is 47.0 Å². The molecule has 1 N–H and O–H groups in total. The molecule has 0 saturated heterocycles. The van der Waals surface area contributed by atoms with Gasteiger partial charge in [-0.2, -0.15) is 0 Å². The summed E-state index contributed by atoms with van der Waals surface area (Å²) in [4.78, 5) is 7.97. The van der Waals surface area contributed by atoms with Crippen molar-refractivity contribution in [3.63, 3.8) is 0 Å². The molecule has 4 nitrogen and oxygen atoms in total. The van der Waals surface area contributed by atoms with Crippen molar-refractivity contribution < 1.29 is 4.74 Å². The summed E-state index contributed by atoms with van der Waals surface area (Å²) in [6.07, 6.45) is 5.48. The van der Waals surface area contributed by atoms with Crippen molar-refractivity contribution in [1.82, 2.24) is 9.97 Å². The number of ether oxygens (including phenoxy) is 1. The fourth-order valence-electron chi connectivity index (χ4n) is 1.33. The molecule has 0 saturated carbocycles. The normalized spacial score (nSPS) is 12.4. The van der Waals surface area contributed by atoms with Crippen LogP contribution in [0.5, 0.6) is 0 Å². The number of anilines is 1. The number of aromatic nitrogens is 2. The molecule has 14 heavy (non-hydrogen) atoms. The van der Waals surface area contributed by atoms with Gasteiger partial charge in [0.2, 0.25) is 0 Å². The summed E-state index contributed by atoms with van der Waals surface area (Å²) < 4.78 is 5.12. The van der Waals surface area contributed by atoms with Crippen molar-refractivity contribution in [2.24, 2.45) is 0 Å². The molecule has 0 aromatic carbocycles. The second kappa shape index (κ2) is 6.32. The van der Waals surface area contributed by atoms with Gasteiger partial charge < -0.3 is 10.1 Å². The van der Waals surface area contributed by atoms with Gasteiger partial charge in [-0.25, -0.2) is 9.97 Å². The molecule has 1 rings (SSSR count). The standard InChI is InChI=1S/C10H17N3O/c1-3-4-9(7-14-2)13-10-5-6-11-8-12-10/h5-6,8-9H,3-4,7H2,1-2H3,(H,11,12,13). The Morgan fingerprint density at radius 1 is 1.57 bits per heavy atom. The first kappa shape index (κ1) is 10.9. The van der Waals surface area contributed by atoms with Gasteiger partial charge >= 0.3 is 0 Å². The maximum atomic E-state index is 5.12. The van der Waals surface area contributed by atoms with Gasteiger partial charge in [-0.15, -0.1) is 0 Å². The van der Waals surface area contributed by atoms with Gasteiger partial charge in [0.15, 0.2) is 0 Å². The number of hydrogen-bond donors (Lipinski definition) is 1. The molecule has 0 spiro atoms. The van der Waals surface area contributed by atoms with E-state index in [-0.39, 0.29) is 0 Å². The number of rotatable bonds is 6. The predicted molar refractivity (Wildman–Crippen MR) is 56.2 cm³/mol. The Hall–Kier alpha value is -1.16. The van der Waals surface area contributed by atoms with Gasteiger partial charge in [-0.3, -0.25) is 0 Å². The fourth-order valence-corrected chi connectivity index (χ4v) is 1.33. The molecule has 1 atom stereocenters. The first-order valence-corrected chi connectivity index (χ1v) is 4.88. The van der Waals surface area contributed by atoms with Crippen LogP contribution >= 0.6 is 0 Å². The average molecular weight is 195 g/mol. The van der Waals surface area contributed by atoms with Crippen molar-refractivity contribution in [2.45, 2.75) is 25.8 Å². The van der Waals surface area contributed by atoms with Gasteiger partial charge in [-0.05, 0) is 12.5 Å². The van der Waals surface area contributed by atoms with Crippen LogP contribution in [0, 0.1) is 0 Å². The molecular formula is C10H17N3O. The van der Waals surface area contributed by atoms with Gasteiger partial charge in [-0.1, -0.05) is 13.3 Å². The quantitative estimate of drug-likeness (QED) is 0.750. The summed E-state index contributed by atoms with van der Waals surface area (Å²) in [6.45, 7) is 2.86. The minimum absolute atomic E-state index is 0.333. The Bertz CT molecular complexity index is 234. The Balaban J connectivity index is 2.46. The minimum atomic E-state index is 0.333. The van der Waals surface area contributed by atoms with E-state index in [2.05, 4.69) is 22.2 Å². The van der Waals surface area contributed by atoms with Crippen LogP contribution in [0.2, 0.25) is 0 Å². The molecule has 0 aliphatic rings. The monoisotopic (exact) mass is 195 g/mol. The predicted octanol–water partition coefficient (Wildman–Crippen LogP) is 1.70. The second-order valence-electron chi connectivity index (χ2n) is 3.18. The molecule has 1 aromatic rings. The lowest BCUT2D eigenvalue weighted by atomic mass is 10.2. The minimum Gasteiger partial charge on any atom is -0.383 e. The van der Waals surface area contributed by atoms with Crippen LogP contribution < -0.4 is 5.32 Å². The highest BCUT2D eigenvalue weighted by Gasteiger charge is 2.06. The Kier molecular flexibility index (Phi) is 4.93. The third-order valence-electron chi connectivity index (χ3n) is 1.94. The second-order valence-corrected chi connectivity index (χ2v) is 3.18. The molecular weight excluding hydrogens is 178 g/mol. The van der Waals surface area contributed by atoms with E-state index in [1.807, 2.05) is 6.07 Å². The fraction of sp³-hybridized carbons (Fsp3) is 0.600. The first-order valence-electron chi connectivity index (χ1n) is 4.88. The van der Waals surface area contributed by atoms with Gasteiger partial charge in [0.1, 0.15) is 12.1 Å². The third kappa shape index (κ3) is 3.70. The van der Waals surface area contributed by atoms with Crippen LogP contribution in [0.1, 0.15) is 19.8 Å². The van der Waals surface area contributed by atoms with Gasteiger partial charge in [0.25, 0.3) is 0 Å². The summed E-state index contributed by atoms with van der Waals surface area (Å²) >= 11 is 0. The van der Waals surface area contributed by atoms with E-state index < -0.39 is 0 Å². The molecule has 0 fully saturated rings. The number of nitrogens with zero attached hydrogens (tertiary/aromatic N) is 2.